The van der Waals surface area contributed by atoms with Crippen molar-refractivity contribution in [2.24, 2.45) is 0 Å². The van der Waals surface area contributed by atoms with Crippen LogP contribution in [0.1, 0.15) is 33.6 Å². The summed E-state index contributed by atoms with van der Waals surface area (Å²) in [6.45, 7) is 6.26. The third-order valence-electron chi connectivity index (χ3n) is 3.24. The van der Waals surface area contributed by atoms with Gasteiger partial charge in [0.15, 0.2) is 0 Å². The molecular weight excluding hydrogens is 330 g/mol. The number of carbonyl (C=O) groups is 2. The fraction of sp³-hybridized carbons (Fsp3) is 0.500. The fourth-order valence-corrected chi connectivity index (χ4v) is 3.15. The van der Waals surface area contributed by atoms with Crippen LogP contribution in [-0.2, 0) is 19.6 Å². The van der Waals surface area contributed by atoms with E-state index in [2.05, 4.69) is 10.0 Å². The standard InChI is InChI=1S/C16H25N3O4S/c1-4-10-19(11-5-2)16(21)12-17-24(22,23)15-8-6-14(7-9-15)18-13(3)20/h6-9,17H,4-5,10-12H2,1-3H3,(H,18,20). The van der Waals surface area contributed by atoms with Crippen LogP contribution in [0.5, 0.6) is 0 Å². The molecule has 0 radical (unpaired) electrons. The number of amides is 2. The first kappa shape index (κ1) is 20.1. The monoisotopic (exact) mass is 355 g/mol. The zero-order valence-electron chi connectivity index (χ0n) is 14.3. The second kappa shape index (κ2) is 9.39. The molecule has 24 heavy (non-hydrogen) atoms. The van der Waals surface area contributed by atoms with Gasteiger partial charge in [0.05, 0.1) is 11.4 Å². The first-order chi connectivity index (χ1) is 11.3. The molecule has 0 fully saturated rings. The van der Waals surface area contributed by atoms with Gasteiger partial charge in [0, 0.05) is 25.7 Å². The molecule has 8 heteroatoms. The zero-order chi connectivity index (χ0) is 18.2. The van der Waals surface area contributed by atoms with E-state index in [4.69, 9.17) is 0 Å². The van der Waals surface area contributed by atoms with Gasteiger partial charge in [0.1, 0.15) is 0 Å². The average Bonchev–Trinajstić information content (AvgIpc) is 2.52. The lowest BCUT2D eigenvalue weighted by Gasteiger charge is -2.21. The molecule has 2 N–H and O–H groups in total. The average molecular weight is 355 g/mol. The van der Waals surface area contributed by atoms with Crippen molar-refractivity contribution in [1.29, 1.82) is 0 Å². The Kier molecular flexibility index (Phi) is 7.87. The molecule has 0 aromatic heterocycles. The summed E-state index contributed by atoms with van der Waals surface area (Å²) in [6, 6.07) is 5.76. The summed E-state index contributed by atoms with van der Waals surface area (Å²) in [5.41, 5.74) is 0.509. The Hall–Kier alpha value is -1.93. The predicted octanol–water partition coefficient (Wildman–Crippen LogP) is 1.57. The zero-order valence-corrected chi connectivity index (χ0v) is 15.1. The Labute approximate surface area is 143 Å². The van der Waals surface area contributed by atoms with Gasteiger partial charge in [0.25, 0.3) is 0 Å². The maximum absolute atomic E-state index is 12.2. The molecule has 0 saturated carbocycles. The lowest BCUT2D eigenvalue weighted by atomic mass is 10.3. The molecule has 0 spiro atoms. The number of hydrogen-bond acceptors (Lipinski definition) is 4. The first-order valence-corrected chi connectivity index (χ1v) is 9.43. The molecule has 0 saturated heterocycles. The van der Waals surface area contributed by atoms with E-state index >= 15 is 0 Å². The van der Waals surface area contributed by atoms with E-state index in [1.165, 1.54) is 31.2 Å². The Balaban J connectivity index is 2.71. The molecule has 0 aliphatic carbocycles. The molecule has 1 aromatic carbocycles. The highest BCUT2D eigenvalue weighted by molar-refractivity contribution is 7.89. The summed E-state index contributed by atoms with van der Waals surface area (Å²) in [4.78, 5) is 24.8. The van der Waals surface area contributed by atoms with Crippen molar-refractivity contribution in [3.8, 4) is 0 Å². The van der Waals surface area contributed by atoms with Crippen molar-refractivity contribution >= 4 is 27.5 Å². The molecule has 1 rings (SSSR count). The smallest absolute Gasteiger partial charge is 0.241 e. The molecule has 0 bridgehead atoms. The van der Waals surface area contributed by atoms with E-state index in [1.54, 1.807) is 4.90 Å². The number of anilines is 1. The fourth-order valence-electron chi connectivity index (χ4n) is 2.17. The van der Waals surface area contributed by atoms with Gasteiger partial charge in [-0.3, -0.25) is 9.59 Å². The van der Waals surface area contributed by atoms with Crippen LogP contribution in [0.2, 0.25) is 0 Å². The number of hydrogen-bond donors (Lipinski definition) is 2. The third-order valence-corrected chi connectivity index (χ3v) is 4.66. The van der Waals surface area contributed by atoms with Gasteiger partial charge < -0.3 is 10.2 Å². The molecule has 0 aliphatic heterocycles. The first-order valence-electron chi connectivity index (χ1n) is 7.95. The van der Waals surface area contributed by atoms with E-state index < -0.39 is 10.0 Å². The second-order valence-corrected chi connectivity index (χ2v) is 7.18. The number of nitrogens with zero attached hydrogens (tertiary/aromatic N) is 1. The van der Waals surface area contributed by atoms with Crippen LogP contribution in [0.4, 0.5) is 5.69 Å². The van der Waals surface area contributed by atoms with Gasteiger partial charge in [-0.25, -0.2) is 13.1 Å². The molecule has 7 nitrogen and oxygen atoms in total. The molecule has 0 heterocycles. The third kappa shape index (κ3) is 6.29. The molecule has 1 aromatic rings. The lowest BCUT2D eigenvalue weighted by Crippen LogP contribution is -2.40. The van der Waals surface area contributed by atoms with Crippen molar-refractivity contribution in [1.82, 2.24) is 9.62 Å². The van der Waals surface area contributed by atoms with Crippen molar-refractivity contribution in [3.63, 3.8) is 0 Å². The van der Waals surface area contributed by atoms with E-state index in [-0.39, 0.29) is 23.3 Å². The largest absolute Gasteiger partial charge is 0.342 e. The minimum atomic E-state index is -3.77. The van der Waals surface area contributed by atoms with Crippen LogP contribution in [-0.4, -0.2) is 44.8 Å². The van der Waals surface area contributed by atoms with E-state index in [9.17, 15) is 18.0 Å². The number of rotatable bonds is 9. The quantitative estimate of drug-likeness (QED) is 0.703. The van der Waals surface area contributed by atoms with Gasteiger partial charge >= 0.3 is 0 Å². The van der Waals surface area contributed by atoms with Crippen LogP contribution in [0.25, 0.3) is 0 Å². The summed E-state index contributed by atoms with van der Waals surface area (Å²) in [7, 11) is -3.77. The number of benzene rings is 1. The highest BCUT2D eigenvalue weighted by atomic mass is 32.2. The predicted molar refractivity (Wildman–Crippen MR) is 93.1 cm³/mol. The molecule has 2 amide bonds. The molecule has 134 valence electrons. The summed E-state index contributed by atoms with van der Waals surface area (Å²) < 4.78 is 26.8. The van der Waals surface area contributed by atoms with Gasteiger partial charge in [-0.2, -0.15) is 0 Å². The van der Waals surface area contributed by atoms with Crippen molar-refractivity contribution in [3.05, 3.63) is 24.3 Å². The van der Waals surface area contributed by atoms with E-state index in [0.717, 1.165) is 12.8 Å². The highest BCUT2D eigenvalue weighted by Crippen LogP contribution is 2.13. The maximum Gasteiger partial charge on any atom is 0.241 e. The topological polar surface area (TPSA) is 95.6 Å². The van der Waals surface area contributed by atoms with Crippen molar-refractivity contribution < 1.29 is 18.0 Å². The highest BCUT2D eigenvalue weighted by Gasteiger charge is 2.18. The van der Waals surface area contributed by atoms with Crippen LogP contribution in [0, 0.1) is 0 Å². The van der Waals surface area contributed by atoms with Crippen LogP contribution in [0.3, 0.4) is 0 Å². The normalized spacial score (nSPS) is 11.1. The summed E-state index contributed by atoms with van der Waals surface area (Å²) in [6.07, 6.45) is 1.65. The van der Waals surface area contributed by atoms with Crippen molar-refractivity contribution in [2.45, 2.75) is 38.5 Å². The molecule has 0 atom stereocenters. The Bertz CT molecular complexity index is 650. The number of sulfonamides is 1. The SMILES string of the molecule is CCCN(CCC)C(=O)CNS(=O)(=O)c1ccc(NC(C)=O)cc1. The van der Waals surface area contributed by atoms with E-state index in [0.29, 0.717) is 18.8 Å². The van der Waals surface area contributed by atoms with Crippen LogP contribution < -0.4 is 10.0 Å². The minimum absolute atomic E-state index is 0.0435. The summed E-state index contributed by atoms with van der Waals surface area (Å²) in [5.74, 6) is -0.474. The van der Waals surface area contributed by atoms with Gasteiger partial charge in [-0.15, -0.1) is 0 Å². The summed E-state index contributed by atoms with van der Waals surface area (Å²) in [5, 5.41) is 2.56. The van der Waals surface area contributed by atoms with Gasteiger partial charge in [0.2, 0.25) is 21.8 Å². The molecule has 0 aliphatic rings. The maximum atomic E-state index is 12.2. The van der Waals surface area contributed by atoms with E-state index in [1.807, 2.05) is 13.8 Å². The second-order valence-electron chi connectivity index (χ2n) is 5.41. The summed E-state index contributed by atoms with van der Waals surface area (Å²) >= 11 is 0. The van der Waals surface area contributed by atoms with Crippen LogP contribution in [0.15, 0.2) is 29.2 Å². The van der Waals surface area contributed by atoms with Gasteiger partial charge in [-0.05, 0) is 37.1 Å². The molecule has 0 unspecified atom stereocenters. The number of nitrogens with one attached hydrogen (secondary N) is 2. The Morgan fingerprint density at radius 1 is 1.04 bits per heavy atom. The Morgan fingerprint density at radius 2 is 1.58 bits per heavy atom. The Morgan fingerprint density at radius 3 is 2.04 bits per heavy atom. The van der Waals surface area contributed by atoms with Crippen LogP contribution >= 0.6 is 0 Å². The molecular formula is C16H25N3O4S. The minimum Gasteiger partial charge on any atom is -0.342 e. The van der Waals surface area contributed by atoms with Crippen molar-refractivity contribution in [2.75, 3.05) is 25.0 Å². The number of carbonyl (C=O) groups excluding carboxylic acids is 2. The van der Waals surface area contributed by atoms with Gasteiger partial charge in [-0.1, -0.05) is 13.8 Å². The lowest BCUT2D eigenvalue weighted by molar-refractivity contribution is -0.130.